The van der Waals surface area contributed by atoms with Crippen molar-refractivity contribution in [2.45, 2.75) is 37.9 Å². The maximum atomic E-state index is 12.4. The number of nitrogens with one attached hydrogen (secondary N) is 1. The van der Waals surface area contributed by atoms with E-state index in [0.717, 1.165) is 25.7 Å². The number of hydrogen-bond donors (Lipinski definition) is 1. The second-order valence-corrected chi connectivity index (χ2v) is 8.05. The Morgan fingerprint density at radius 3 is 2.00 bits per heavy atom. The molecule has 2 bridgehead atoms. The lowest BCUT2D eigenvalue weighted by molar-refractivity contribution is -0.106. The van der Waals surface area contributed by atoms with E-state index < -0.39 is 22.0 Å². The van der Waals surface area contributed by atoms with Crippen molar-refractivity contribution >= 4 is 10.0 Å². The van der Waals surface area contributed by atoms with E-state index in [1.54, 1.807) is 0 Å². The fourth-order valence-corrected chi connectivity index (χ4v) is 5.12. The molecule has 2 unspecified atom stereocenters. The Morgan fingerprint density at radius 1 is 1.05 bits per heavy atom. The van der Waals surface area contributed by atoms with E-state index in [0.29, 0.717) is 0 Å². The molecule has 122 valence electrons. The summed E-state index contributed by atoms with van der Waals surface area (Å²) < 4.78 is 63.1. The molecule has 0 amide bonds. The second kappa shape index (κ2) is 5.53. The Morgan fingerprint density at radius 2 is 1.55 bits per heavy atom. The third-order valence-corrected chi connectivity index (χ3v) is 6.01. The Bertz CT molecular complexity index is 624. The first-order valence-corrected chi connectivity index (χ1v) is 9.02. The van der Waals surface area contributed by atoms with Crippen LogP contribution in [0.4, 0.5) is 13.2 Å². The number of fused-ring (bicyclic) bond motifs is 3. The van der Waals surface area contributed by atoms with Gasteiger partial charge in [0.25, 0.3) is 0 Å². The van der Waals surface area contributed by atoms with Crippen LogP contribution in [0.15, 0.2) is 24.3 Å². The highest BCUT2D eigenvalue weighted by molar-refractivity contribution is 7.89. The monoisotopic (exact) mass is 333 g/mol. The van der Waals surface area contributed by atoms with Crippen LogP contribution < -0.4 is 4.72 Å². The molecule has 0 heterocycles. The third-order valence-electron chi connectivity index (χ3n) is 4.68. The highest BCUT2D eigenvalue weighted by Gasteiger charge is 2.43. The van der Waals surface area contributed by atoms with Gasteiger partial charge in [0.1, 0.15) is 0 Å². The van der Waals surface area contributed by atoms with E-state index >= 15 is 0 Å². The largest absolute Gasteiger partial charge is 0.404 e. The van der Waals surface area contributed by atoms with E-state index in [1.165, 1.54) is 11.1 Å². The lowest BCUT2D eigenvalue weighted by atomic mass is 9.94. The molecule has 0 aromatic heterocycles. The Kier molecular flexibility index (Phi) is 3.97. The Balaban J connectivity index is 1.79. The number of benzene rings is 1. The molecule has 1 saturated carbocycles. The zero-order chi connectivity index (χ0) is 16.0. The topological polar surface area (TPSA) is 46.2 Å². The van der Waals surface area contributed by atoms with Crippen LogP contribution >= 0.6 is 0 Å². The standard InChI is InChI=1S/C15H18F3NO2S/c16-15(17,18)9-22(20,21)19-14-12-5-6-13(14)8-11-4-2-1-3-10(11)7-12/h1-4,12-14,19H,5-9H2. The van der Waals surface area contributed by atoms with Crippen LogP contribution in [0.5, 0.6) is 0 Å². The van der Waals surface area contributed by atoms with E-state index in [1.807, 2.05) is 24.3 Å². The van der Waals surface area contributed by atoms with E-state index in [2.05, 4.69) is 4.72 Å². The Labute approximate surface area is 128 Å². The molecule has 7 heteroatoms. The van der Waals surface area contributed by atoms with Crippen LogP contribution in [0.2, 0.25) is 0 Å². The summed E-state index contributed by atoms with van der Waals surface area (Å²) in [5.74, 6) is -1.64. The minimum atomic E-state index is -4.71. The average molecular weight is 333 g/mol. The first-order chi connectivity index (χ1) is 10.2. The minimum Gasteiger partial charge on any atom is -0.212 e. The molecule has 1 fully saturated rings. The van der Waals surface area contributed by atoms with Crippen molar-refractivity contribution in [3.05, 3.63) is 35.4 Å². The maximum absolute atomic E-state index is 12.4. The van der Waals surface area contributed by atoms with Gasteiger partial charge < -0.3 is 0 Å². The first-order valence-electron chi connectivity index (χ1n) is 7.37. The summed E-state index contributed by atoms with van der Waals surface area (Å²) in [5.41, 5.74) is 2.38. The van der Waals surface area contributed by atoms with Crippen LogP contribution in [-0.4, -0.2) is 26.4 Å². The Hall–Kier alpha value is -1.08. The highest BCUT2D eigenvalue weighted by atomic mass is 32.2. The predicted molar refractivity (Wildman–Crippen MR) is 76.8 cm³/mol. The second-order valence-electron chi connectivity index (χ2n) is 6.29. The van der Waals surface area contributed by atoms with Crippen LogP contribution in [0.3, 0.4) is 0 Å². The smallest absolute Gasteiger partial charge is 0.212 e. The van der Waals surface area contributed by atoms with Gasteiger partial charge in [-0.05, 0) is 48.6 Å². The molecule has 0 aliphatic heterocycles. The quantitative estimate of drug-likeness (QED) is 0.924. The predicted octanol–water partition coefficient (Wildman–Crippen LogP) is 2.66. The molecule has 2 atom stereocenters. The van der Waals surface area contributed by atoms with E-state index in [9.17, 15) is 21.6 Å². The first kappa shape index (κ1) is 15.8. The summed E-state index contributed by atoms with van der Waals surface area (Å²) in [6.45, 7) is 0. The van der Waals surface area contributed by atoms with Gasteiger partial charge in [-0.2, -0.15) is 13.2 Å². The van der Waals surface area contributed by atoms with Gasteiger partial charge in [0, 0.05) is 6.04 Å². The summed E-state index contributed by atoms with van der Waals surface area (Å²) in [7, 11) is -4.34. The van der Waals surface area contributed by atoms with Gasteiger partial charge in [0.05, 0.1) is 0 Å². The van der Waals surface area contributed by atoms with Crippen molar-refractivity contribution in [3.63, 3.8) is 0 Å². The number of rotatable bonds is 3. The highest BCUT2D eigenvalue weighted by Crippen LogP contribution is 2.40. The van der Waals surface area contributed by atoms with Crippen molar-refractivity contribution in [1.29, 1.82) is 0 Å². The van der Waals surface area contributed by atoms with E-state index in [4.69, 9.17) is 0 Å². The zero-order valence-corrected chi connectivity index (χ0v) is 12.8. The van der Waals surface area contributed by atoms with Gasteiger partial charge in [-0.3, -0.25) is 0 Å². The van der Waals surface area contributed by atoms with Crippen molar-refractivity contribution in [2.75, 3.05) is 5.75 Å². The minimum absolute atomic E-state index is 0.0802. The van der Waals surface area contributed by atoms with Crippen molar-refractivity contribution in [1.82, 2.24) is 4.72 Å². The zero-order valence-electron chi connectivity index (χ0n) is 11.9. The molecule has 3 rings (SSSR count). The van der Waals surface area contributed by atoms with Gasteiger partial charge in [-0.1, -0.05) is 24.3 Å². The summed E-state index contributed by atoms with van der Waals surface area (Å²) in [6.07, 6.45) is -1.53. The van der Waals surface area contributed by atoms with Crippen molar-refractivity contribution in [3.8, 4) is 0 Å². The normalized spacial score (nSPS) is 28.2. The molecular formula is C15H18F3NO2S. The fourth-order valence-electron chi connectivity index (χ4n) is 3.81. The fraction of sp³-hybridized carbons (Fsp3) is 0.600. The molecule has 1 aromatic rings. The van der Waals surface area contributed by atoms with Crippen molar-refractivity contribution in [2.24, 2.45) is 11.8 Å². The number of hydrogen-bond acceptors (Lipinski definition) is 2. The van der Waals surface area contributed by atoms with Gasteiger partial charge in [-0.25, -0.2) is 13.1 Å². The van der Waals surface area contributed by atoms with Crippen LogP contribution in [0.1, 0.15) is 24.0 Å². The number of halogens is 3. The summed E-state index contributed by atoms with van der Waals surface area (Å²) in [4.78, 5) is 0. The van der Waals surface area contributed by atoms with E-state index in [-0.39, 0.29) is 17.9 Å². The average Bonchev–Trinajstić information content (AvgIpc) is 2.62. The molecule has 1 aromatic carbocycles. The van der Waals surface area contributed by atoms with Gasteiger partial charge >= 0.3 is 6.18 Å². The van der Waals surface area contributed by atoms with Gasteiger partial charge in [0.2, 0.25) is 10.0 Å². The summed E-state index contributed by atoms with van der Waals surface area (Å²) >= 11 is 0. The lowest BCUT2D eigenvalue weighted by Gasteiger charge is -2.23. The molecule has 1 N–H and O–H groups in total. The molecule has 22 heavy (non-hydrogen) atoms. The van der Waals surface area contributed by atoms with Gasteiger partial charge in [-0.15, -0.1) is 0 Å². The number of sulfonamides is 1. The molecule has 2 aliphatic rings. The van der Waals surface area contributed by atoms with Gasteiger partial charge in [0.15, 0.2) is 5.75 Å². The van der Waals surface area contributed by atoms with Crippen LogP contribution in [0.25, 0.3) is 0 Å². The SMILES string of the molecule is O=S(=O)(CC(F)(F)F)NC1C2CCC1Cc1ccccc1C2. The summed E-state index contributed by atoms with van der Waals surface area (Å²) in [6, 6.07) is 7.55. The summed E-state index contributed by atoms with van der Waals surface area (Å²) in [5, 5.41) is 0. The molecule has 3 nitrogen and oxygen atoms in total. The lowest BCUT2D eigenvalue weighted by Crippen LogP contribution is -2.45. The molecule has 0 spiro atoms. The van der Waals surface area contributed by atoms with Crippen LogP contribution in [0, 0.1) is 11.8 Å². The molecule has 0 radical (unpaired) electrons. The molecular weight excluding hydrogens is 315 g/mol. The van der Waals surface area contributed by atoms with Crippen molar-refractivity contribution < 1.29 is 21.6 Å². The maximum Gasteiger partial charge on any atom is 0.404 e. The third kappa shape index (κ3) is 3.46. The van der Waals surface area contributed by atoms with Crippen LogP contribution in [-0.2, 0) is 22.9 Å². The molecule has 0 saturated heterocycles. The molecule has 2 aliphatic carbocycles. The number of alkyl halides is 3.